The monoisotopic (exact) mass is 350 g/mol. The van der Waals surface area contributed by atoms with Gasteiger partial charge in [-0.2, -0.15) is 0 Å². The molecule has 1 unspecified atom stereocenters. The lowest BCUT2D eigenvalue weighted by Gasteiger charge is -2.24. The van der Waals surface area contributed by atoms with Crippen LogP contribution < -0.4 is 0 Å². The minimum atomic E-state index is 0.134. The fraction of sp³-hybridized carbons (Fsp3) is 0.333. The Morgan fingerprint density at radius 1 is 1.05 bits per heavy atom. The first-order valence-corrected chi connectivity index (χ1v) is 8.24. The van der Waals surface area contributed by atoms with Crippen molar-refractivity contribution in [2.45, 2.75) is 37.4 Å². The summed E-state index contributed by atoms with van der Waals surface area (Å²) in [6, 6.07) is 16.8. The van der Waals surface area contributed by atoms with Gasteiger partial charge in [0.15, 0.2) is 0 Å². The van der Waals surface area contributed by atoms with E-state index in [1.165, 1.54) is 11.1 Å². The van der Waals surface area contributed by atoms with Crippen LogP contribution >= 0.6 is 27.5 Å². The van der Waals surface area contributed by atoms with Crippen LogP contribution in [0.1, 0.15) is 48.7 Å². The Morgan fingerprint density at radius 2 is 1.65 bits per heavy atom. The summed E-state index contributed by atoms with van der Waals surface area (Å²) in [5.74, 6) is 0. The van der Waals surface area contributed by atoms with Gasteiger partial charge in [-0.05, 0) is 34.6 Å². The minimum Gasteiger partial charge on any atom is -0.0840 e. The zero-order valence-electron chi connectivity index (χ0n) is 12.2. The molecule has 1 atom stereocenters. The molecular weight excluding hydrogens is 332 g/mol. The van der Waals surface area contributed by atoms with Crippen molar-refractivity contribution in [3.63, 3.8) is 0 Å². The van der Waals surface area contributed by atoms with Crippen LogP contribution in [0.4, 0.5) is 0 Å². The second-order valence-electron chi connectivity index (χ2n) is 5.74. The molecule has 106 valence electrons. The van der Waals surface area contributed by atoms with Crippen molar-refractivity contribution in [2.75, 3.05) is 0 Å². The van der Waals surface area contributed by atoms with E-state index in [0.717, 1.165) is 17.0 Å². The normalized spacial score (nSPS) is 13.2. The van der Waals surface area contributed by atoms with Crippen LogP contribution in [0.2, 0.25) is 5.02 Å². The number of hydrogen-bond acceptors (Lipinski definition) is 0. The Labute approximate surface area is 135 Å². The van der Waals surface area contributed by atoms with E-state index >= 15 is 0 Å². The summed E-state index contributed by atoms with van der Waals surface area (Å²) in [7, 11) is 0. The maximum Gasteiger partial charge on any atom is 0.0659 e. The molecular formula is C18H20BrCl. The summed E-state index contributed by atoms with van der Waals surface area (Å²) >= 11 is 10.0. The molecule has 0 aliphatic heterocycles. The lowest BCUT2D eigenvalue weighted by Crippen LogP contribution is -2.15. The fourth-order valence-electron chi connectivity index (χ4n) is 2.17. The van der Waals surface area contributed by atoms with Crippen LogP contribution in [0, 0.1) is 0 Å². The van der Waals surface area contributed by atoms with E-state index in [2.05, 4.69) is 67.0 Å². The highest BCUT2D eigenvalue weighted by atomic mass is 79.9. The second kappa shape index (κ2) is 6.32. The number of benzene rings is 2. The molecule has 0 heterocycles. The summed E-state index contributed by atoms with van der Waals surface area (Å²) in [4.78, 5) is 0.134. The largest absolute Gasteiger partial charge is 0.0840 e. The van der Waals surface area contributed by atoms with Gasteiger partial charge < -0.3 is 0 Å². The van der Waals surface area contributed by atoms with E-state index in [1.807, 2.05) is 18.2 Å². The Morgan fingerprint density at radius 3 is 2.20 bits per heavy atom. The highest BCUT2D eigenvalue weighted by molar-refractivity contribution is 9.09. The molecule has 0 saturated carbocycles. The highest BCUT2D eigenvalue weighted by Gasteiger charge is 2.19. The number of alkyl halides is 1. The maximum absolute atomic E-state index is 6.27. The van der Waals surface area contributed by atoms with Crippen molar-refractivity contribution in [1.82, 2.24) is 0 Å². The van der Waals surface area contributed by atoms with E-state index < -0.39 is 0 Å². The van der Waals surface area contributed by atoms with Crippen LogP contribution in [0.15, 0.2) is 48.5 Å². The second-order valence-corrected chi connectivity index (χ2v) is 7.07. The fourth-order valence-corrected chi connectivity index (χ4v) is 3.25. The lowest BCUT2D eigenvalue weighted by atomic mass is 9.82. The summed E-state index contributed by atoms with van der Waals surface area (Å²) in [5, 5.41) is 0.798. The first-order valence-electron chi connectivity index (χ1n) is 6.94. The smallest absolute Gasteiger partial charge is 0.0659 e. The Bertz CT molecular complexity index is 572. The van der Waals surface area contributed by atoms with Crippen LogP contribution in [0.3, 0.4) is 0 Å². The van der Waals surface area contributed by atoms with Crippen LogP contribution in [0.5, 0.6) is 0 Å². The summed E-state index contributed by atoms with van der Waals surface area (Å²) < 4.78 is 0. The minimum absolute atomic E-state index is 0.134. The summed E-state index contributed by atoms with van der Waals surface area (Å²) in [6.07, 6.45) is 1.13. The van der Waals surface area contributed by atoms with Gasteiger partial charge in [-0.1, -0.05) is 90.8 Å². The van der Waals surface area contributed by atoms with Crippen molar-refractivity contribution in [2.24, 2.45) is 0 Å². The zero-order valence-corrected chi connectivity index (χ0v) is 14.5. The molecule has 0 radical (unpaired) electrons. The molecule has 0 saturated heterocycles. The number of hydrogen-bond donors (Lipinski definition) is 0. The summed E-state index contributed by atoms with van der Waals surface area (Å²) in [6.45, 7) is 6.79. The molecule has 0 aliphatic rings. The SMILES string of the molecule is CCC(C)(C)c1ccc(C(Br)c2ccccc2Cl)cc1. The van der Waals surface area contributed by atoms with Gasteiger partial charge in [0, 0.05) is 5.02 Å². The van der Waals surface area contributed by atoms with Gasteiger partial charge in [-0.25, -0.2) is 0 Å². The standard InChI is InChI=1S/C18H20BrCl/c1-4-18(2,3)14-11-9-13(10-12-14)17(19)15-7-5-6-8-16(15)20/h5-12,17H,4H2,1-3H3. The van der Waals surface area contributed by atoms with E-state index in [-0.39, 0.29) is 10.2 Å². The number of halogens is 2. The predicted octanol–water partition coefficient (Wildman–Crippen LogP) is 6.51. The first-order chi connectivity index (χ1) is 9.45. The molecule has 2 rings (SSSR count). The van der Waals surface area contributed by atoms with Crippen molar-refractivity contribution in [1.29, 1.82) is 0 Å². The van der Waals surface area contributed by atoms with Crippen LogP contribution in [-0.2, 0) is 5.41 Å². The molecule has 0 aromatic heterocycles. The molecule has 2 aromatic carbocycles. The Balaban J connectivity index is 2.29. The van der Waals surface area contributed by atoms with Gasteiger partial charge in [-0.15, -0.1) is 0 Å². The molecule has 0 nitrogen and oxygen atoms in total. The molecule has 2 aromatic rings. The van der Waals surface area contributed by atoms with Crippen molar-refractivity contribution < 1.29 is 0 Å². The van der Waals surface area contributed by atoms with Crippen LogP contribution in [0.25, 0.3) is 0 Å². The zero-order chi connectivity index (χ0) is 14.8. The van der Waals surface area contributed by atoms with Crippen LogP contribution in [-0.4, -0.2) is 0 Å². The van der Waals surface area contributed by atoms with Crippen molar-refractivity contribution >= 4 is 27.5 Å². The number of rotatable bonds is 4. The third-order valence-electron chi connectivity index (χ3n) is 4.05. The average molecular weight is 352 g/mol. The van der Waals surface area contributed by atoms with Crippen molar-refractivity contribution in [3.05, 3.63) is 70.2 Å². The quantitative estimate of drug-likeness (QED) is 0.551. The first kappa shape index (κ1) is 15.6. The molecule has 0 N–H and O–H groups in total. The van der Waals surface area contributed by atoms with Gasteiger partial charge in [-0.3, -0.25) is 0 Å². The Kier molecular flexibility index (Phi) is 4.93. The topological polar surface area (TPSA) is 0 Å². The lowest BCUT2D eigenvalue weighted by molar-refractivity contribution is 0.506. The molecule has 0 amide bonds. The highest BCUT2D eigenvalue weighted by Crippen LogP contribution is 2.36. The molecule has 2 heteroatoms. The molecule has 20 heavy (non-hydrogen) atoms. The summed E-state index contributed by atoms with van der Waals surface area (Å²) in [5.41, 5.74) is 3.94. The van der Waals surface area contributed by atoms with Crippen molar-refractivity contribution in [3.8, 4) is 0 Å². The molecule has 0 aliphatic carbocycles. The Hall–Kier alpha value is -0.790. The molecule has 0 spiro atoms. The van der Waals surface area contributed by atoms with Gasteiger partial charge >= 0.3 is 0 Å². The average Bonchev–Trinajstić information content (AvgIpc) is 2.47. The third-order valence-corrected chi connectivity index (χ3v) is 5.41. The third kappa shape index (κ3) is 3.27. The van der Waals surface area contributed by atoms with Gasteiger partial charge in [0.05, 0.1) is 4.83 Å². The molecule has 0 fully saturated rings. The van der Waals surface area contributed by atoms with E-state index in [1.54, 1.807) is 0 Å². The van der Waals surface area contributed by atoms with E-state index in [9.17, 15) is 0 Å². The molecule has 0 bridgehead atoms. The maximum atomic E-state index is 6.27. The van der Waals surface area contributed by atoms with Gasteiger partial charge in [0.1, 0.15) is 0 Å². The van der Waals surface area contributed by atoms with E-state index in [4.69, 9.17) is 11.6 Å². The predicted molar refractivity (Wildman–Crippen MR) is 92.0 cm³/mol. The van der Waals surface area contributed by atoms with Gasteiger partial charge in [0.2, 0.25) is 0 Å². The van der Waals surface area contributed by atoms with Gasteiger partial charge in [0.25, 0.3) is 0 Å². The van der Waals surface area contributed by atoms with E-state index in [0.29, 0.717) is 0 Å².